The normalized spacial score (nSPS) is 11.8. The van der Waals surface area contributed by atoms with Gasteiger partial charge in [0.15, 0.2) is 0 Å². The smallest absolute Gasteiger partial charge is 0.236 e. The van der Waals surface area contributed by atoms with Crippen LogP contribution in [-0.2, 0) is 17.9 Å². The van der Waals surface area contributed by atoms with Crippen LogP contribution in [-0.4, -0.2) is 36.3 Å². The minimum absolute atomic E-state index is 0.0420. The molecule has 4 aromatic rings. The van der Waals surface area contributed by atoms with E-state index in [9.17, 15) is 4.79 Å². The maximum atomic E-state index is 13.5. The van der Waals surface area contributed by atoms with Crippen LogP contribution in [0.3, 0.4) is 0 Å². The molecule has 0 saturated heterocycles. The molecule has 0 aliphatic rings. The van der Waals surface area contributed by atoms with Crippen molar-refractivity contribution in [2.45, 2.75) is 30.4 Å². The summed E-state index contributed by atoms with van der Waals surface area (Å²) in [6.07, 6.45) is 0. The standard InChI is InChI=1S/C24H23N5OS/c1-19(31-24-25-26-27-29(24)22-15-9-4-10-16-22)23(30)28(17-20-11-5-2-6-12-20)18-21-13-7-3-8-14-21/h2-16,19H,17-18H2,1H3/t19-/m0/s1. The average Bonchev–Trinajstić information content (AvgIpc) is 3.28. The molecular formula is C24H23N5OS. The van der Waals surface area contributed by atoms with Crippen molar-refractivity contribution in [3.63, 3.8) is 0 Å². The van der Waals surface area contributed by atoms with Gasteiger partial charge in [-0.05, 0) is 40.6 Å². The van der Waals surface area contributed by atoms with Crippen molar-refractivity contribution in [2.75, 3.05) is 0 Å². The van der Waals surface area contributed by atoms with Gasteiger partial charge in [-0.2, -0.15) is 4.68 Å². The fourth-order valence-corrected chi connectivity index (χ4v) is 4.16. The Morgan fingerprint density at radius 3 is 1.94 bits per heavy atom. The Morgan fingerprint density at radius 2 is 1.39 bits per heavy atom. The number of benzene rings is 3. The first-order chi connectivity index (χ1) is 15.2. The van der Waals surface area contributed by atoms with Crippen molar-refractivity contribution >= 4 is 17.7 Å². The summed E-state index contributed by atoms with van der Waals surface area (Å²) >= 11 is 1.36. The molecule has 0 fully saturated rings. The van der Waals surface area contributed by atoms with E-state index in [-0.39, 0.29) is 11.2 Å². The second kappa shape index (κ2) is 10.0. The summed E-state index contributed by atoms with van der Waals surface area (Å²) in [5.74, 6) is 0.0420. The predicted molar refractivity (Wildman–Crippen MR) is 122 cm³/mol. The molecule has 3 aromatic carbocycles. The maximum absolute atomic E-state index is 13.5. The Hall–Kier alpha value is -3.45. The molecule has 0 aliphatic carbocycles. The molecule has 1 heterocycles. The van der Waals surface area contributed by atoms with E-state index in [2.05, 4.69) is 15.5 Å². The van der Waals surface area contributed by atoms with Crippen LogP contribution in [0.4, 0.5) is 0 Å². The minimum atomic E-state index is -0.346. The van der Waals surface area contributed by atoms with E-state index in [1.54, 1.807) is 4.68 Å². The zero-order chi connectivity index (χ0) is 21.5. The number of para-hydroxylation sites is 1. The van der Waals surface area contributed by atoms with Crippen LogP contribution < -0.4 is 0 Å². The highest BCUT2D eigenvalue weighted by Gasteiger charge is 2.24. The predicted octanol–water partition coefficient (Wildman–Crippen LogP) is 4.37. The van der Waals surface area contributed by atoms with Crippen LogP contribution in [0.25, 0.3) is 5.69 Å². The first-order valence-corrected chi connectivity index (χ1v) is 11.0. The lowest BCUT2D eigenvalue weighted by molar-refractivity contribution is -0.131. The number of aromatic nitrogens is 4. The maximum Gasteiger partial charge on any atom is 0.236 e. The van der Waals surface area contributed by atoms with Gasteiger partial charge in [0.2, 0.25) is 11.1 Å². The molecule has 0 bridgehead atoms. The van der Waals surface area contributed by atoms with E-state index in [0.29, 0.717) is 18.2 Å². The summed E-state index contributed by atoms with van der Waals surface area (Å²) < 4.78 is 1.66. The highest BCUT2D eigenvalue weighted by molar-refractivity contribution is 8.00. The summed E-state index contributed by atoms with van der Waals surface area (Å²) in [7, 11) is 0. The van der Waals surface area contributed by atoms with Gasteiger partial charge in [0.05, 0.1) is 10.9 Å². The Kier molecular flexibility index (Phi) is 6.74. The second-order valence-corrected chi connectivity index (χ2v) is 8.44. The third-order valence-corrected chi connectivity index (χ3v) is 5.84. The number of tetrazole rings is 1. The number of thioether (sulfide) groups is 1. The van der Waals surface area contributed by atoms with Gasteiger partial charge in [0, 0.05) is 13.1 Å². The molecule has 1 aromatic heterocycles. The lowest BCUT2D eigenvalue weighted by Crippen LogP contribution is -2.35. The van der Waals surface area contributed by atoms with Crippen molar-refractivity contribution in [3.05, 3.63) is 102 Å². The molecule has 0 radical (unpaired) electrons. The van der Waals surface area contributed by atoms with Gasteiger partial charge in [-0.15, -0.1) is 5.10 Å². The number of carbonyl (C=O) groups is 1. The van der Waals surface area contributed by atoms with Crippen LogP contribution in [0, 0.1) is 0 Å². The molecule has 1 amide bonds. The van der Waals surface area contributed by atoms with Crippen molar-refractivity contribution < 1.29 is 4.79 Å². The van der Waals surface area contributed by atoms with Crippen molar-refractivity contribution in [2.24, 2.45) is 0 Å². The van der Waals surface area contributed by atoms with Crippen LogP contribution in [0.5, 0.6) is 0 Å². The lowest BCUT2D eigenvalue weighted by atomic mass is 10.1. The minimum Gasteiger partial charge on any atom is -0.333 e. The van der Waals surface area contributed by atoms with Crippen LogP contribution in [0.1, 0.15) is 18.1 Å². The SMILES string of the molecule is C[C@H](Sc1nnnn1-c1ccccc1)C(=O)N(Cc1ccccc1)Cc1ccccc1. The van der Waals surface area contributed by atoms with Crippen LogP contribution >= 0.6 is 11.8 Å². The quantitative estimate of drug-likeness (QED) is 0.389. The lowest BCUT2D eigenvalue weighted by Gasteiger charge is -2.26. The number of hydrogen-bond donors (Lipinski definition) is 0. The van der Waals surface area contributed by atoms with Crippen molar-refractivity contribution in [1.29, 1.82) is 0 Å². The Labute approximate surface area is 185 Å². The monoisotopic (exact) mass is 429 g/mol. The largest absolute Gasteiger partial charge is 0.333 e. The first-order valence-electron chi connectivity index (χ1n) is 10.1. The van der Waals surface area contributed by atoms with E-state index in [1.165, 1.54) is 11.8 Å². The number of rotatable bonds is 8. The molecule has 31 heavy (non-hydrogen) atoms. The van der Waals surface area contributed by atoms with Gasteiger partial charge >= 0.3 is 0 Å². The average molecular weight is 430 g/mol. The Morgan fingerprint density at radius 1 is 0.871 bits per heavy atom. The summed E-state index contributed by atoms with van der Waals surface area (Å²) in [6.45, 7) is 2.99. The number of amides is 1. The van der Waals surface area contributed by atoms with Gasteiger partial charge in [-0.3, -0.25) is 4.79 Å². The fraction of sp³-hybridized carbons (Fsp3) is 0.167. The molecule has 0 unspecified atom stereocenters. The molecule has 156 valence electrons. The summed E-state index contributed by atoms with van der Waals surface area (Å²) in [6, 6.07) is 29.8. The highest BCUT2D eigenvalue weighted by Crippen LogP contribution is 2.25. The topological polar surface area (TPSA) is 63.9 Å². The van der Waals surface area contributed by atoms with Crippen LogP contribution in [0.15, 0.2) is 96.2 Å². The highest BCUT2D eigenvalue weighted by atomic mass is 32.2. The van der Waals surface area contributed by atoms with Gasteiger partial charge in [0.25, 0.3) is 0 Å². The summed E-state index contributed by atoms with van der Waals surface area (Å²) in [5, 5.41) is 12.3. The molecule has 0 saturated carbocycles. The molecule has 0 N–H and O–H groups in total. The molecule has 7 heteroatoms. The number of nitrogens with zero attached hydrogens (tertiary/aromatic N) is 5. The second-order valence-electron chi connectivity index (χ2n) is 7.13. The van der Waals surface area contributed by atoms with E-state index < -0.39 is 0 Å². The van der Waals surface area contributed by atoms with Crippen LogP contribution in [0.2, 0.25) is 0 Å². The van der Waals surface area contributed by atoms with Gasteiger partial charge in [-0.25, -0.2) is 0 Å². The van der Waals surface area contributed by atoms with Gasteiger partial charge < -0.3 is 4.90 Å². The third-order valence-electron chi connectivity index (χ3n) is 4.82. The summed E-state index contributed by atoms with van der Waals surface area (Å²) in [4.78, 5) is 15.3. The molecule has 1 atom stereocenters. The van der Waals surface area contributed by atoms with Crippen molar-refractivity contribution in [3.8, 4) is 5.69 Å². The number of carbonyl (C=O) groups excluding carboxylic acids is 1. The number of hydrogen-bond acceptors (Lipinski definition) is 5. The summed E-state index contributed by atoms with van der Waals surface area (Å²) in [5.41, 5.74) is 3.05. The van der Waals surface area contributed by atoms with E-state index in [4.69, 9.17) is 0 Å². The molecule has 0 spiro atoms. The van der Waals surface area contributed by atoms with E-state index in [0.717, 1.165) is 16.8 Å². The van der Waals surface area contributed by atoms with Crippen molar-refractivity contribution in [1.82, 2.24) is 25.1 Å². The third kappa shape index (κ3) is 5.38. The zero-order valence-electron chi connectivity index (χ0n) is 17.2. The molecule has 0 aliphatic heterocycles. The van der Waals surface area contributed by atoms with E-state index >= 15 is 0 Å². The molecular weight excluding hydrogens is 406 g/mol. The Balaban J connectivity index is 1.53. The zero-order valence-corrected chi connectivity index (χ0v) is 18.0. The molecule has 4 rings (SSSR count). The Bertz CT molecular complexity index is 1060. The molecule has 6 nitrogen and oxygen atoms in total. The fourth-order valence-electron chi connectivity index (χ4n) is 3.27. The van der Waals surface area contributed by atoms with Gasteiger partial charge in [0.1, 0.15) is 0 Å². The van der Waals surface area contributed by atoms with Gasteiger partial charge in [-0.1, -0.05) is 90.6 Å². The van der Waals surface area contributed by atoms with E-state index in [1.807, 2.05) is 103 Å². The first kappa shape index (κ1) is 20.8.